The standard InChI is InChI=1S/C21H19F3N4O4/c1-28(13-17(29)25-15-7-9-16(10-8-15)32-21(22,23)24)19(30)12-11-18-26-27-20(31-18)14-5-3-2-4-6-14/h2-10H,11-13H2,1H3,(H,25,29). The summed E-state index contributed by atoms with van der Waals surface area (Å²) in [4.78, 5) is 25.6. The molecule has 0 saturated carbocycles. The van der Waals surface area contributed by atoms with Gasteiger partial charge < -0.3 is 19.4 Å². The van der Waals surface area contributed by atoms with E-state index in [0.717, 1.165) is 17.7 Å². The van der Waals surface area contributed by atoms with Gasteiger partial charge in [-0.25, -0.2) is 0 Å². The number of aromatic nitrogens is 2. The van der Waals surface area contributed by atoms with E-state index in [1.165, 1.54) is 24.1 Å². The highest BCUT2D eigenvalue weighted by Crippen LogP contribution is 2.24. The number of alkyl halides is 3. The van der Waals surface area contributed by atoms with E-state index in [-0.39, 0.29) is 31.0 Å². The third kappa shape index (κ3) is 6.83. The third-order valence-corrected chi connectivity index (χ3v) is 4.22. The van der Waals surface area contributed by atoms with Gasteiger partial charge in [0, 0.05) is 31.1 Å². The summed E-state index contributed by atoms with van der Waals surface area (Å²) < 4.78 is 45.8. The third-order valence-electron chi connectivity index (χ3n) is 4.22. The molecule has 0 atom stereocenters. The highest BCUT2D eigenvalue weighted by atomic mass is 19.4. The minimum absolute atomic E-state index is 0.0592. The molecule has 0 spiro atoms. The van der Waals surface area contributed by atoms with Crippen LogP contribution in [-0.2, 0) is 16.0 Å². The first kappa shape index (κ1) is 22.8. The van der Waals surface area contributed by atoms with E-state index >= 15 is 0 Å². The Hall–Kier alpha value is -3.89. The summed E-state index contributed by atoms with van der Waals surface area (Å²) in [5.41, 5.74) is 1.04. The Morgan fingerprint density at radius 2 is 1.75 bits per heavy atom. The second-order valence-corrected chi connectivity index (χ2v) is 6.74. The second-order valence-electron chi connectivity index (χ2n) is 6.74. The Morgan fingerprint density at radius 1 is 1.06 bits per heavy atom. The minimum Gasteiger partial charge on any atom is -0.421 e. The van der Waals surface area contributed by atoms with Crippen LogP contribution in [0.25, 0.3) is 11.5 Å². The maximum atomic E-state index is 12.3. The van der Waals surface area contributed by atoms with Gasteiger partial charge in [0.15, 0.2) is 0 Å². The van der Waals surface area contributed by atoms with E-state index in [1.807, 2.05) is 30.3 Å². The van der Waals surface area contributed by atoms with Crippen molar-refractivity contribution in [2.45, 2.75) is 19.2 Å². The van der Waals surface area contributed by atoms with Crippen molar-refractivity contribution in [2.24, 2.45) is 0 Å². The molecule has 168 valence electrons. The molecule has 0 saturated heterocycles. The first-order valence-corrected chi connectivity index (χ1v) is 9.47. The van der Waals surface area contributed by atoms with E-state index in [9.17, 15) is 22.8 Å². The fourth-order valence-electron chi connectivity index (χ4n) is 2.70. The van der Waals surface area contributed by atoms with Crippen LogP contribution in [0.4, 0.5) is 18.9 Å². The summed E-state index contributed by atoms with van der Waals surface area (Å²) >= 11 is 0. The van der Waals surface area contributed by atoms with E-state index in [2.05, 4.69) is 20.3 Å². The fourth-order valence-corrected chi connectivity index (χ4v) is 2.70. The van der Waals surface area contributed by atoms with Crippen molar-refractivity contribution in [2.75, 3.05) is 18.9 Å². The average Bonchev–Trinajstić information content (AvgIpc) is 3.22. The van der Waals surface area contributed by atoms with Crippen LogP contribution in [0.15, 0.2) is 59.0 Å². The lowest BCUT2D eigenvalue weighted by molar-refractivity contribution is -0.274. The molecule has 0 aliphatic heterocycles. The fraction of sp³-hybridized carbons (Fsp3) is 0.238. The number of carbonyl (C=O) groups is 2. The largest absolute Gasteiger partial charge is 0.573 e. The zero-order valence-corrected chi connectivity index (χ0v) is 16.9. The topological polar surface area (TPSA) is 97.6 Å². The smallest absolute Gasteiger partial charge is 0.421 e. The quantitative estimate of drug-likeness (QED) is 0.565. The lowest BCUT2D eigenvalue weighted by Gasteiger charge is -2.16. The van der Waals surface area contributed by atoms with Crippen LogP contribution < -0.4 is 10.1 Å². The summed E-state index contributed by atoms with van der Waals surface area (Å²) in [6, 6.07) is 13.9. The number of likely N-dealkylation sites (N-methyl/N-ethyl adjacent to an activating group) is 1. The lowest BCUT2D eigenvalue weighted by Crippen LogP contribution is -2.35. The number of aryl methyl sites for hydroxylation is 1. The Morgan fingerprint density at radius 3 is 2.41 bits per heavy atom. The van der Waals surface area contributed by atoms with Gasteiger partial charge in [0.25, 0.3) is 0 Å². The van der Waals surface area contributed by atoms with E-state index in [4.69, 9.17) is 4.42 Å². The maximum absolute atomic E-state index is 12.3. The molecule has 0 unspecified atom stereocenters. The van der Waals surface area contributed by atoms with Crippen molar-refractivity contribution in [3.8, 4) is 17.2 Å². The summed E-state index contributed by atoms with van der Waals surface area (Å²) in [7, 11) is 1.46. The molecule has 1 aromatic heterocycles. The molecule has 0 radical (unpaired) electrons. The molecule has 1 heterocycles. The first-order chi connectivity index (χ1) is 15.2. The number of carbonyl (C=O) groups excluding carboxylic acids is 2. The summed E-state index contributed by atoms with van der Waals surface area (Å²) in [5.74, 6) is -0.564. The molecule has 0 bridgehead atoms. The van der Waals surface area contributed by atoms with E-state index < -0.39 is 18.0 Å². The molecular weight excluding hydrogens is 429 g/mol. The maximum Gasteiger partial charge on any atom is 0.573 e. The van der Waals surface area contributed by atoms with Crippen LogP contribution in [-0.4, -0.2) is 46.9 Å². The molecule has 0 aliphatic rings. The van der Waals surface area contributed by atoms with Gasteiger partial charge in [-0.05, 0) is 36.4 Å². The molecule has 8 nitrogen and oxygen atoms in total. The van der Waals surface area contributed by atoms with E-state index in [0.29, 0.717) is 11.8 Å². The van der Waals surface area contributed by atoms with Gasteiger partial charge in [-0.3, -0.25) is 9.59 Å². The molecule has 0 aliphatic carbocycles. The number of nitrogens with zero attached hydrogens (tertiary/aromatic N) is 3. The van der Waals surface area contributed by atoms with Gasteiger partial charge in [0.05, 0.1) is 6.54 Å². The number of ether oxygens (including phenoxy) is 1. The number of halogens is 3. The van der Waals surface area contributed by atoms with Crippen LogP contribution >= 0.6 is 0 Å². The van der Waals surface area contributed by atoms with Gasteiger partial charge in [-0.1, -0.05) is 18.2 Å². The number of benzene rings is 2. The van der Waals surface area contributed by atoms with E-state index in [1.54, 1.807) is 0 Å². The van der Waals surface area contributed by atoms with Crippen molar-refractivity contribution >= 4 is 17.5 Å². The van der Waals surface area contributed by atoms with Gasteiger partial charge >= 0.3 is 6.36 Å². The Labute approximate surface area is 181 Å². The molecule has 2 aromatic carbocycles. The van der Waals surface area contributed by atoms with Gasteiger partial charge in [-0.15, -0.1) is 23.4 Å². The number of hydrogen-bond donors (Lipinski definition) is 1. The normalized spacial score (nSPS) is 11.1. The van der Waals surface area contributed by atoms with Gasteiger partial charge in [0.2, 0.25) is 23.6 Å². The van der Waals surface area contributed by atoms with Crippen molar-refractivity contribution in [1.29, 1.82) is 0 Å². The van der Waals surface area contributed by atoms with Gasteiger partial charge in [0.1, 0.15) is 5.75 Å². The Kier molecular flexibility index (Phi) is 7.08. The molecule has 1 N–H and O–H groups in total. The monoisotopic (exact) mass is 448 g/mol. The van der Waals surface area contributed by atoms with Crippen molar-refractivity contribution in [3.05, 3.63) is 60.5 Å². The van der Waals surface area contributed by atoms with Crippen molar-refractivity contribution in [3.63, 3.8) is 0 Å². The number of hydrogen-bond acceptors (Lipinski definition) is 6. The van der Waals surface area contributed by atoms with Crippen molar-refractivity contribution < 1.29 is 31.9 Å². The molecular formula is C21H19F3N4O4. The van der Waals surface area contributed by atoms with Crippen LogP contribution in [0.3, 0.4) is 0 Å². The van der Waals surface area contributed by atoms with Crippen LogP contribution in [0, 0.1) is 0 Å². The second kappa shape index (κ2) is 9.94. The van der Waals surface area contributed by atoms with Crippen LogP contribution in [0.2, 0.25) is 0 Å². The Bertz CT molecular complexity index is 1050. The zero-order valence-electron chi connectivity index (χ0n) is 16.9. The minimum atomic E-state index is -4.79. The Balaban J connectivity index is 1.45. The molecule has 3 aromatic rings. The number of nitrogens with one attached hydrogen (secondary N) is 1. The molecule has 2 amide bonds. The number of amides is 2. The van der Waals surface area contributed by atoms with Crippen LogP contribution in [0.1, 0.15) is 12.3 Å². The van der Waals surface area contributed by atoms with Gasteiger partial charge in [-0.2, -0.15) is 0 Å². The number of rotatable bonds is 8. The highest BCUT2D eigenvalue weighted by Gasteiger charge is 2.31. The summed E-state index contributed by atoms with van der Waals surface area (Å²) in [6.07, 6.45) is -4.52. The molecule has 11 heteroatoms. The predicted octanol–water partition coefficient (Wildman–Crippen LogP) is 3.66. The highest BCUT2D eigenvalue weighted by molar-refractivity contribution is 5.94. The average molecular weight is 448 g/mol. The lowest BCUT2D eigenvalue weighted by atomic mass is 10.2. The number of anilines is 1. The first-order valence-electron chi connectivity index (χ1n) is 9.47. The van der Waals surface area contributed by atoms with Crippen LogP contribution in [0.5, 0.6) is 5.75 Å². The SMILES string of the molecule is CN(CC(=O)Nc1ccc(OC(F)(F)F)cc1)C(=O)CCc1nnc(-c2ccccc2)o1. The molecule has 0 fully saturated rings. The molecule has 3 rings (SSSR count). The molecule has 32 heavy (non-hydrogen) atoms. The summed E-state index contributed by atoms with van der Waals surface area (Å²) in [5, 5.41) is 10.4. The van der Waals surface area contributed by atoms with Crippen molar-refractivity contribution in [1.82, 2.24) is 15.1 Å². The summed E-state index contributed by atoms with van der Waals surface area (Å²) in [6.45, 7) is -0.237. The zero-order chi connectivity index (χ0) is 23.1. The predicted molar refractivity (Wildman–Crippen MR) is 107 cm³/mol.